The fourth-order valence-corrected chi connectivity index (χ4v) is 1.29. The van der Waals surface area contributed by atoms with E-state index in [9.17, 15) is 0 Å². The smallest absolute Gasteiger partial charge is 0.154 e. The number of rotatable bonds is 10. The lowest BCUT2D eigenvalue weighted by Crippen LogP contribution is -2.11. The van der Waals surface area contributed by atoms with Crippen LogP contribution in [-0.2, 0) is 14.3 Å². The van der Waals surface area contributed by atoms with Crippen molar-refractivity contribution in [2.75, 3.05) is 13.2 Å². The summed E-state index contributed by atoms with van der Waals surface area (Å²) in [5, 5.41) is 33.0. The van der Waals surface area contributed by atoms with Crippen LogP contribution in [0.15, 0.2) is 0 Å². The third-order valence-corrected chi connectivity index (χ3v) is 2.43. The predicted octanol–water partition coefficient (Wildman–Crippen LogP) is 2.59. The number of aliphatic hydroxyl groups is 4. The zero-order valence-corrected chi connectivity index (χ0v) is 17.0. The molecule has 0 rings (SSSR count). The number of ether oxygens (including phenoxy) is 2. The van der Waals surface area contributed by atoms with Gasteiger partial charge in [0.2, 0.25) is 0 Å². The van der Waals surface area contributed by atoms with Crippen molar-refractivity contribution in [3.8, 4) is 0 Å². The maximum Gasteiger partial charge on any atom is 0.154 e. The van der Waals surface area contributed by atoms with Gasteiger partial charge in [-0.2, -0.15) is 0 Å². The summed E-state index contributed by atoms with van der Waals surface area (Å²) in [6.07, 6.45) is 3.39. The van der Waals surface area contributed by atoms with Crippen molar-refractivity contribution in [3.63, 3.8) is 0 Å². The molecule has 0 fully saturated rings. The van der Waals surface area contributed by atoms with Gasteiger partial charge in [-0.25, -0.2) is 0 Å². The average molecular weight is 371 g/mol. The fourth-order valence-electron chi connectivity index (χ4n) is 1.29. The van der Waals surface area contributed by atoms with E-state index in [0.29, 0.717) is 12.8 Å². The molecule has 0 unspecified atom stereocenters. The number of carbonyl (C=O) groups is 1. The molecule has 7 nitrogen and oxygen atoms in total. The number of aliphatic hydroxyl groups excluding tert-OH is 2. The van der Waals surface area contributed by atoms with E-state index in [0.717, 1.165) is 45.2 Å². The number of hydrogen-bond acceptors (Lipinski definition) is 7. The van der Waals surface area contributed by atoms with Gasteiger partial charge in [0, 0.05) is 13.2 Å². The van der Waals surface area contributed by atoms with Crippen LogP contribution < -0.4 is 0 Å². The van der Waals surface area contributed by atoms with Crippen LogP contribution in [0.25, 0.3) is 0 Å². The van der Waals surface area contributed by atoms with Gasteiger partial charge < -0.3 is 34.7 Å². The van der Waals surface area contributed by atoms with E-state index in [1.54, 1.807) is 0 Å². The van der Waals surface area contributed by atoms with Crippen LogP contribution in [0.5, 0.6) is 0 Å². The highest BCUT2D eigenvalue weighted by Crippen LogP contribution is 1.96. The molecule has 0 aromatic heterocycles. The molecule has 0 bridgehead atoms. The summed E-state index contributed by atoms with van der Waals surface area (Å²) in [6.45, 7) is 12.7. The van der Waals surface area contributed by atoms with Gasteiger partial charge in [-0.05, 0) is 53.4 Å². The highest BCUT2D eigenvalue weighted by atomic mass is 16.7. The molecule has 0 amide bonds. The molecular weight excluding hydrogens is 328 g/mol. The second kappa shape index (κ2) is 31.2. The Morgan fingerprint density at radius 2 is 1.08 bits per heavy atom. The highest BCUT2D eigenvalue weighted by molar-refractivity contribution is 5.44. The standard InChI is InChI=1S/C6H14O2.2C5H12O2.C2H4O/c1-4-7-6(3)8-5-2;2*1-2-3-4-5(6)7;1-2-3/h6H,4-5H2,1-3H3;2*5-7H,2-4H2,1H3;2H,1H3. The summed E-state index contributed by atoms with van der Waals surface area (Å²) in [5.41, 5.74) is 0. The molecule has 0 atom stereocenters. The Labute approximate surface area is 154 Å². The van der Waals surface area contributed by atoms with E-state index < -0.39 is 12.6 Å². The van der Waals surface area contributed by atoms with E-state index in [1.165, 1.54) is 6.92 Å². The molecule has 0 aliphatic carbocycles. The Morgan fingerprint density at radius 3 is 1.20 bits per heavy atom. The van der Waals surface area contributed by atoms with E-state index in [4.69, 9.17) is 34.7 Å². The first-order valence-corrected chi connectivity index (χ1v) is 9.12. The Morgan fingerprint density at radius 1 is 0.800 bits per heavy atom. The number of hydrogen-bond donors (Lipinski definition) is 4. The van der Waals surface area contributed by atoms with Crippen LogP contribution >= 0.6 is 0 Å². The second-order valence-corrected chi connectivity index (χ2v) is 4.96. The lowest BCUT2D eigenvalue weighted by Gasteiger charge is -2.09. The van der Waals surface area contributed by atoms with E-state index >= 15 is 0 Å². The van der Waals surface area contributed by atoms with E-state index in [1.807, 2.05) is 34.6 Å². The minimum Gasteiger partial charge on any atom is -0.368 e. The molecule has 4 N–H and O–H groups in total. The first kappa shape index (κ1) is 32.1. The van der Waals surface area contributed by atoms with Gasteiger partial charge in [0.05, 0.1) is 0 Å². The topological polar surface area (TPSA) is 116 Å². The van der Waals surface area contributed by atoms with Crippen molar-refractivity contribution in [1.82, 2.24) is 0 Å². The molecule has 156 valence electrons. The molecular formula is C18H42O7. The fraction of sp³-hybridized carbons (Fsp3) is 0.944. The SMILES string of the molecule is CC=O.CCCCC(O)O.CCCCC(O)O.CCOC(C)OCC. The van der Waals surface area contributed by atoms with Crippen LogP contribution in [0.2, 0.25) is 0 Å². The molecule has 0 saturated carbocycles. The van der Waals surface area contributed by atoms with Crippen LogP contribution in [0, 0.1) is 0 Å². The van der Waals surface area contributed by atoms with Gasteiger partial charge in [-0.15, -0.1) is 0 Å². The number of unbranched alkanes of at least 4 members (excludes halogenated alkanes) is 2. The van der Waals surface area contributed by atoms with Crippen molar-refractivity contribution in [2.45, 2.75) is 98.9 Å². The Bertz CT molecular complexity index is 194. The lowest BCUT2D eigenvalue weighted by molar-refractivity contribution is -0.123. The van der Waals surface area contributed by atoms with Gasteiger partial charge in [-0.3, -0.25) is 0 Å². The average Bonchev–Trinajstić information content (AvgIpc) is 2.53. The molecule has 0 radical (unpaired) electrons. The minimum absolute atomic E-state index is 0.0370. The third-order valence-electron chi connectivity index (χ3n) is 2.43. The summed E-state index contributed by atoms with van der Waals surface area (Å²) >= 11 is 0. The van der Waals surface area contributed by atoms with Gasteiger partial charge in [0.15, 0.2) is 18.9 Å². The zero-order chi connectivity index (χ0) is 20.5. The first-order valence-electron chi connectivity index (χ1n) is 9.12. The van der Waals surface area contributed by atoms with Crippen LogP contribution in [0.4, 0.5) is 0 Å². The third kappa shape index (κ3) is 59.7. The summed E-state index contributed by atoms with van der Waals surface area (Å²) in [4.78, 5) is 8.81. The molecule has 0 aliphatic rings. The van der Waals surface area contributed by atoms with Crippen LogP contribution in [0.3, 0.4) is 0 Å². The Kier molecular flexibility index (Phi) is 40.1. The molecule has 0 aliphatic heterocycles. The van der Waals surface area contributed by atoms with Gasteiger partial charge in [0.1, 0.15) is 6.29 Å². The molecule has 0 aromatic carbocycles. The molecule has 25 heavy (non-hydrogen) atoms. The number of aldehydes is 1. The molecule has 0 heterocycles. The van der Waals surface area contributed by atoms with Crippen molar-refractivity contribution in [3.05, 3.63) is 0 Å². The monoisotopic (exact) mass is 370 g/mol. The summed E-state index contributed by atoms with van der Waals surface area (Å²) < 4.78 is 10.1. The Balaban J connectivity index is -0.000000123. The molecule has 0 spiro atoms. The first-order chi connectivity index (χ1) is 11.8. The zero-order valence-electron chi connectivity index (χ0n) is 17.0. The largest absolute Gasteiger partial charge is 0.368 e. The Hall–Kier alpha value is -0.570. The minimum atomic E-state index is -1.10. The van der Waals surface area contributed by atoms with Gasteiger partial charge in [0.25, 0.3) is 0 Å². The van der Waals surface area contributed by atoms with Crippen LogP contribution in [-0.4, -0.2) is 58.8 Å². The van der Waals surface area contributed by atoms with E-state index in [-0.39, 0.29) is 6.29 Å². The normalized spacial score (nSPS) is 9.64. The van der Waals surface area contributed by atoms with Gasteiger partial charge >= 0.3 is 0 Å². The number of carbonyl (C=O) groups excluding carboxylic acids is 1. The second-order valence-electron chi connectivity index (χ2n) is 4.96. The predicted molar refractivity (Wildman–Crippen MR) is 100.0 cm³/mol. The highest BCUT2D eigenvalue weighted by Gasteiger charge is 1.95. The lowest BCUT2D eigenvalue weighted by atomic mass is 10.2. The maximum atomic E-state index is 8.81. The summed E-state index contributed by atoms with van der Waals surface area (Å²) in [7, 11) is 0. The van der Waals surface area contributed by atoms with Gasteiger partial charge in [-0.1, -0.05) is 26.7 Å². The molecule has 0 saturated heterocycles. The van der Waals surface area contributed by atoms with Crippen molar-refractivity contribution < 1.29 is 34.7 Å². The van der Waals surface area contributed by atoms with Crippen LogP contribution in [0.1, 0.15) is 80.1 Å². The summed E-state index contributed by atoms with van der Waals surface area (Å²) in [5.74, 6) is 0. The van der Waals surface area contributed by atoms with E-state index in [2.05, 4.69) is 0 Å². The quantitative estimate of drug-likeness (QED) is 0.345. The summed E-state index contributed by atoms with van der Waals surface area (Å²) in [6, 6.07) is 0. The maximum absolute atomic E-state index is 8.81. The molecule has 0 aromatic rings. The van der Waals surface area contributed by atoms with Crippen molar-refractivity contribution in [2.24, 2.45) is 0 Å². The van der Waals surface area contributed by atoms with Crippen molar-refractivity contribution in [1.29, 1.82) is 0 Å². The van der Waals surface area contributed by atoms with Crippen molar-refractivity contribution >= 4 is 6.29 Å². The molecule has 7 heteroatoms.